The molecular formula is C9H19N. The fraction of sp³-hybridized carbons (Fsp3) is 0.889. The zero-order valence-electron chi connectivity index (χ0n) is 7.59. The number of aliphatic imine (C=N–C) groups is 1. The molecule has 1 heteroatoms. The van der Waals surface area contributed by atoms with Crippen molar-refractivity contribution in [1.29, 1.82) is 0 Å². The molecule has 0 aromatic rings. The van der Waals surface area contributed by atoms with Crippen LogP contribution in [0.15, 0.2) is 4.99 Å². The summed E-state index contributed by atoms with van der Waals surface area (Å²) >= 11 is 0. The fourth-order valence-electron chi connectivity index (χ4n) is 0.990. The van der Waals surface area contributed by atoms with E-state index < -0.39 is 0 Å². The first-order valence-electron chi connectivity index (χ1n) is 4.24. The van der Waals surface area contributed by atoms with E-state index >= 15 is 0 Å². The third-order valence-corrected chi connectivity index (χ3v) is 1.67. The lowest BCUT2D eigenvalue weighted by molar-refractivity contribution is 0.484. The van der Waals surface area contributed by atoms with Crippen molar-refractivity contribution in [2.75, 3.05) is 0 Å². The molecule has 0 aromatic heterocycles. The van der Waals surface area contributed by atoms with Crippen molar-refractivity contribution in [2.24, 2.45) is 10.9 Å². The summed E-state index contributed by atoms with van der Waals surface area (Å²) < 4.78 is 0. The van der Waals surface area contributed by atoms with Crippen LogP contribution in [0.3, 0.4) is 0 Å². The van der Waals surface area contributed by atoms with E-state index in [1.54, 1.807) is 0 Å². The summed E-state index contributed by atoms with van der Waals surface area (Å²) in [6, 6.07) is 0.542. The Balaban J connectivity index is 3.71. The summed E-state index contributed by atoms with van der Waals surface area (Å²) in [5.41, 5.74) is 0. The molecule has 0 spiro atoms. The largest absolute Gasteiger partial charge is 0.294 e. The summed E-state index contributed by atoms with van der Waals surface area (Å²) in [4.78, 5) is 4.44. The van der Waals surface area contributed by atoms with Crippen LogP contribution in [-0.4, -0.2) is 12.3 Å². The second-order valence-electron chi connectivity index (χ2n) is 2.96. The number of nitrogens with zero attached hydrogens (tertiary/aromatic N) is 1. The Morgan fingerprint density at radius 1 is 1.30 bits per heavy atom. The highest BCUT2D eigenvalue weighted by Gasteiger charge is 2.06. The van der Waals surface area contributed by atoms with Crippen LogP contribution in [0.5, 0.6) is 0 Å². The molecule has 1 nitrogen and oxygen atoms in total. The lowest BCUT2D eigenvalue weighted by atomic mass is 10.0. The number of hydrogen-bond donors (Lipinski definition) is 0. The second kappa shape index (κ2) is 5.45. The Labute approximate surface area is 64.6 Å². The normalized spacial score (nSPS) is 14.9. The molecule has 0 saturated heterocycles. The van der Waals surface area contributed by atoms with Gasteiger partial charge in [0.15, 0.2) is 0 Å². The molecule has 0 amide bonds. The first-order chi connectivity index (χ1) is 4.72. The van der Waals surface area contributed by atoms with Crippen molar-refractivity contribution in [3.8, 4) is 0 Å². The molecule has 0 heterocycles. The maximum Gasteiger partial charge on any atom is 0.0516 e. The van der Waals surface area contributed by atoms with Gasteiger partial charge in [-0.05, 0) is 25.0 Å². The van der Waals surface area contributed by atoms with E-state index in [2.05, 4.69) is 32.7 Å². The third kappa shape index (κ3) is 3.65. The van der Waals surface area contributed by atoms with E-state index in [-0.39, 0.29) is 0 Å². The molecule has 1 unspecified atom stereocenters. The van der Waals surface area contributed by atoms with Crippen molar-refractivity contribution >= 4 is 6.21 Å². The summed E-state index contributed by atoms with van der Waals surface area (Å²) in [5.74, 6) is 0.688. The fourth-order valence-corrected chi connectivity index (χ4v) is 0.990. The SMILES string of the molecule is CCC=NC(CC)C(C)C. The predicted octanol–water partition coefficient (Wildman–Crippen LogP) is 2.90. The lowest BCUT2D eigenvalue weighted by Gasteiger charge is -2.12. The van der Waals surface area contributed by atoms with Gasteiger partial charge in [0, 0.05) is 0 Å². The van der Waals surface area contributed by atoms with Gasteiger partial charge in [0.05, 0.1) is 6.04 Å². The Kier molecular flexibility index (Phi) is 5.27. The first-order valence-corrected chi connectivity index (χ1v) is 4.24. The molecule has 0 aliphatic heterocycles. The van der Waals surface area contributed by atoms with Gasteiger partial charge in [-0.25, -0.2) is 0 Å². The van der Waals surface area contributed by atoms with Crippen LogP contribution in [0.1, 0.15) is 40.5 Å². The third-order valence-electron chi connectivity index (χ3n) is 1.67. The molecule has 0 rings (SSSR count). The molecule has 10 heavy (non-hydrogen) atoms. The minimum absolute atomic E-state index is 0.542. The van der Waals surface area contributed by atoms with Gasteiger partial charge in [-0.2, -0.15) is 0 Å². The molecular weight excluding hydrogens is 122 g/mol. The molecule has 0 aliphatic carbocycles. The van der Waals surface area contributed by atoms with Gasteiger partial charge in [-0.1, -0.05) is 27.7 Å². The lowest BCUT2D eigenvalue weighted by Crippen LogP contribution is -2.11. The van der Waals surface area contributed by atoms with E-state index in [1.165, 1.54) is 0 Å². The Morgan fingerprint density at radius 3 is 2.20 bits per heavy atom. The minimum atomic E-state index is 0.542. The summed E-state index contributed by atoms with van der Waals surface area (Å²) in [6.45, 7) is 8.76. The van der Waals surface area contributed by atoms with Crippen molar-refractivity contribution in [2.45, 2.75) is 46.6 Å². The van der Waals surface area contributed by atoms with Gasteiger partial charge in [-0.3, -0.25) is 4.99 Å². The van der Waals surface area contributed by atoms with Crippen molar-refractivity contribution in [1.82, 2.24) is 0 Å². The van der Waals surface area contributed by atoms with E-state index in [4.69, 9.17) is 0 Å². The van der Waals surface area contributed by atoms with Gasteiger partial charge in [0.1, 0.15) is 0 Å². The topological polar surface area (TPSA) is 12.4 Å². The maximum absolute atomic E-state index is 4.44. The van der Waals surface area contributed by atoms with Crippen LogP contribution in [0.4, 0.5) is 0 Å². The van der Waals surface area contributed by atoms with Gasteiger partial charge in [-0.15, -0.1) is 0 Å². The summed E-state index contributed by atoms with van der Waals surface area (Å²) in [6.07, 6.45) is 4.24. The van der Waals surface area contributed by atoms with Crippen LogP contribution in [-0.2, 0) is 0 Å². The Hall–Kier alpha value is -0.330. The number of rotatable bonds is 4. The van der Waals surface area contributed by atoms with Crippen LogP contribution in [0, 0.1) is 5.92 Å². The minimum Gasteiger partial charge on any atom is -0.294 e. The van der Waals surface area contributed by atoms with E-state index in [0.29, 0.717) is 12.0 Å². The molecule has 60 valence electrons. The molecule has 0 aromatic carbocycles. The van der Waals surface area contributed by atoms with Gasteiger partial charge < -0.3 is 0 Å². The van der Waals surface area contributed by atoms with Gasteiger partial charge >= 0.3 is 0 Å². The van der Waals surface area contributed by atoms with Crippen molar-refractivity contribution in [3.05, 3.63) is 0 Å². The zero-order chi connectivity index (χ0) is 7.98. The molecule has 0 saturated carbocycles. The molecule has 1 atom stereocenters. The number of hydrogen-bond acceptors (Lipinski definition) is 1. The van der Waals surface area contributed by atoms with E-state index in [1.807, 2.05) is 6.21 Å². The predicted molar refractivity (Wildman–Crippen MR) is 47.7 cm³/mol. The smallest absolute Gasteiger partial charge is 0.0516 e. The monoisotopic (exact) mass is 141 g/mol. The highest BCUT2D eigenvalue weighted by Crippen LogP contribution is 2.09. The summed E-state index contributed by atoms with van der Waals surface area (Å²) in [5, 5.41) is 0. The molecule has 0 fully saturated rings. The maximum atomic E-state index is 4.44. The van der Waals surface area contributed by atoms with Crippen LogP contribution in [0.25, 0.3) is 0 Å². The molecule has 0 radical (unpaired) electrons. The molecule has 0 bridgehead atoms. The summed E-state index contributed by atoms with van der Waals surface area (Å²) in [7, 11) is 0. The van der Waals surface area contributed by atoms with Gasteiger partial charge in [0.2, 0.25) is 0 Å². The Morgan fingerprint density at radius 2 is 1.90 bits per heavy atom. The standard InChI is InChI=1S/C9H19N/c1-5-7-10-9(6-2)8(3)4/h7-9H,5-6H2,1-4H3. The van der Waals surface area contributed by atoms with Gasteiger partial charge in [0.25, 0.3) is 0 Å². The second-order valence-corrected chi connectivity index (χ2v) is 2.96. The van der Waals surface area contributed by atoms with E-state index in [0.717, 1.165) is 12.8 Å². The average molecular weight is 141 g/mol. The first kappa shape index (κ1) is 9.67. The van der Waals surface area contributed by atoms with Crippen molar-refractivity contribution in [3.63, 3.8) is 0 Å². The Bertz CT molecular complexity index is 94.9. The van der Waals surface area contributed by atoms with Crippen molar-refractivity contribution < 1.29 is 0 Å². The quantitative estimate of drug-likeness (QED) is 0.534. The highest BCUT2D eigenvalue weighted by molar-refractivity contribution is 5.56. The highest BCUT2D eigenvalue weighted by atomic mass is 14.8. The zero-order valence-corrected chi connectivity index (χ0v) is 7.59. The van der Waals surface area contributed by atoms with E-state index in [9.17, 15) is 0 Å². The molecule has 0 N–H and O–H groups in total. The van der Waals surface area contributed by atoms with Crippen LogP contribution in [0.2, 0.25) is 0 Å². The average Bonchev–Trinajstić information content (AvgIpc) is 1.89. The molecule has 0 aliphatic rings. The van der Waals surface area contributed by atoms with Crippen LogP contribution < -0.4 is 0 Å². The van der Waals surface area contributed by atoms with Crippen LogP contribution >= 0.6 is 0 Å².